The van der Waals surface area contributed by atoms with Gasteiger partial charge in [-0.15, -0.1) is 12.6 Å². The second-order valence-corrected chi connectivity index (χ2v) is 10.3. The van der Waals surface area contributed by atoms with Gasteiger partial charge < -0.3 is 9.47 Å². The van der Waals surface area contributed by atoms with Crippen molar-refractivity contribution in [3.05, 3.63) is 48.5 Å². The van der Waals surface area contributed by atoms with E-state index in [4.69, 9.17) is 9.47 Å². The molecular weight excluding hydrogens is 392 g/mol. The number of ether oxygens (including phenoxy) is 2. The zero-order valence-corrected chi connectivity index (χ0v) is 18.4. The Labute approximate surface area is 184 Å². The first-order valence-electron chi connectivity index (χ1n) is 11.2. The van der Waals surface area contributed by atoms with E-state index < -0.39 is 0 Å². The molecule has 0 saturated heterocycles. The first kappa shape index (κ1) is 20.0. The highest BCUT2D eigenvalue weighted by Gasteiger charge is 2.55. The summed E-state index contributed by atoms with van der Waals surface area (Å²) < 4.78 is 11.4. The minimum absolute atomic E-state index is 0.0543. The third-order valence-electron chi connectivity index (χ3n) is 8.04. The van der Waals surface area contributed by atoms with E-state index in [0.717, 1.165) is 27.9 Å². The summed E-state index contributed by atoms with van der Waals surface area (Å²) in [7, 11) is 0. The lowest BCUT2D eigenvalue weighted by atomic mass is 9.45. The highest BCUT2D eigenvalue weighted by atomic mass is 32.1. The molecule has 0 aliphatic heterocycles. The van der Waals surface area contributed by atoms with Crippen LogP contribution < -0.4 is 4.74 Å². The Balaban J connectivity index is 1.21. The maximum absolute atomic E-state index is 12.7. The summed E-state index contributed by atoms with van der Waals surface area (Å²) in [5.41, 5.74) is 2.06. The number of carbonyl (C=O) groups excluding carboxylic acids is 1. The third kappa shape index (κ3) is 3.64. The van der Waals surface area contributed by atoms with Crippen LogP contribution in [0.15, 0.2) is 53.4 Å². The SMILES string of the molecule is CC1(CC(=O)OCOc2ccccc2-c2ccccc2S)C2CC3CC(C2)CC1C3. The molecule has 0 unspecified atom stereocenters. The van der Waals surface area contributed by atoms with Crippen molar-refractivity contribution in [2.24, 2.45) is 29.1 Å². The van der Waals surface area contributed by atoms with Crippen LogP contribution in [0, 0.1) is 29.1 Å². The Bertz CT molecular complexity index is 909. The molecule has 0 amide bonds. The summed E-state index contributed by atoms with van der Waals surface area (Å²) in [5.74, 6) is 3.77. The highest BCUT2D eigenvalue weighted by Crippen LogP contribution is 2.63. The largest absolute Gasteiger partial charge is 0.457 e. The average molecular weight is 423 g/mol. The molecule has 2 aromatic carbocycles. The third-order valence-corrected chi connectivity index (χ3v) is 8.43. The van der Waals surface area contributed by atoms with Gasteiger partial charge in [-0.1, -0.05) is 43.3 Å². The molecule has 4 heteroatoms. The van der Waals surface area contributed by atoms with Gasteiger partial charge in [0.2, 0.25) is 6.79 Å². The van der Waals surface area contributed by atoms with Gasteiger partial charge in [-0.05, 0) is 78.9 Å². The van der Waals surface area contributed by atoms with Crippen molar-refractivity contribution in [3.63, 3.8) is 0 Å². The summed E-state index contributed by atoms with van der Waals surface area (Å²) in [6.45, 7) is 2.28. The average Bonchev–Trinajstić information content (AvgIpc) is 2.72. The van der Waals surface area contributed by atoms with Crippen molar-refractivity contribution >= 4 is 18.6 Å². The van der Waals surface area contributed by atoms with Crippen molar-refractivity contribution in [2.45, 2.75) is 50.3 Å². The van der Waals surface area contributed by atoms with E-state index in [1.165, 1.54) is 32.1 Å². The maximum atomic E-state index is 12.7. The van der Waals surface area contributed by atoms with Crippen molar-refractivity contribution in [2.75, 3.05) is 6.79 Å². The Morgan fingerprint density at radius 2 is 1.53 bits per heavy atom. The van der Waals surface area contributed by atoms with Gasteiger partial charge in [0.25, 0.3) is 0 Å². The minimum Gasteiger partial charge on any atom is -0.457 e. The van der Waals surface area contributed by atoms with Crippen LogP contribution in [0.25, 0.3) is 11.1 Å². The number of thiol groups is 1. The first-order valence-corrected chi connectivity index (χ1v) is 11.6. The Hall–Kier alpha value is -1.94. The van der Waals surface area contributed by atoms with Crippen molar-refractivity contribution < 1.29 is 14.3 Å². The van der Waals surface area contributed by atoms with Crippen molar-refractivity contribution in [1.82, 2.24) is 0 Å². The van der Waals surface area contributed by atoms with E-state index in [-0.39, 0.29) is 18.2 Å². The van der Waals surface area contributed by atoms with E-state index >= 15 is 0 Å². The van der Waals surface area contributed by atoms with Crippen LogP contribution in [-0.4, -0.2) is 12.8 Å². The Morgan fingerprint density at radius 1 is 0.933 bits per heavy atom. The van der Waals surface area contributed by atoms with Crippen LogP contribution in [0.1, 0.15) is 45.4 Å². The zero-order valence-electron chi connectivity index (χ0n) is 17.5. The van der Waals surface area contributed by atoms with E-state index in [1.54, 1.807) is 0 Å². The Kier molecular flexibility index (Phi) is 5.30. The highest BCUT2D eigenvalue weighted by molar-refractivity contribution is 7.80. The number of carbonyl (C=O) groups is 1. The van der Waals surface area contributed by atoms with Gasteiger partial charge in [0.05, 0.1) is 6.42 Å². The normalized spacial score (nSPS) is 31.5. The second kappa shape index (κ2) is 7.96. The topological polar surface area (TPSA) is 35.5 Å². The number of rotatable bonds is 6. The number of hydrogen-bond donors (Lipinski definition) is 1. The van der Waals surface area contributed by atoms with Gasteiger partial charge in [0, 0.05) is 10.5 Å². The van der Waals surface area contributed by atoms with Gasteiger partial charge >= 0.3 is 5.97 Å². The number of para-hydroxylation sites is 1. The molecule has 158 valence electrons. The summed E-state index contributed by atoms with van der Waals surface area (Å²) in [5, 5.41) is 0. The van der Waals surface area contributed by atoms with Crippen LogP contribution in [0.5, 0.6) is 5.75 Å². The van der Waals surface area contributed by atoms with Gasteiger partial charge in [-0.2, -0.15) is 0 Å². The molecule has 0 heterocycles. The van der Waals surface area contributed by atoms with E-state index in [0.29, 0.717) is 24.0 Å². The van der Waals surface area contributed by atoms with E-state index in [9.17, 15) is 4.79 Å². The molecule has 0 atom stereocenters. The van der Waals surface area contributed by atoms with Crippen molar-refractivity contribution in [1.29, 1.82) is 0 Å². The Morgan fingerprint density at radius 3 is 2.20 bits per heavy atom. The zero-order chi connectivity index (χ0) is 20.7. The van der Waals surface area contributed by atoms with Crippen LogP contribution in [-0.2, 0) is 9.53 Å². The molecule has 4 aliphatic carbocycles. The fourth-order valence-electron chi connectivity index (χ4n) is 6.59. The van der Waals surface area contributed by atoms with Crippen LogP contribution >= 0.6 is 12.6 Å². The predicted octanol–water partition coefficient (Wildman–Crippen LogP) is 6.37. The molecule has 4 aliphatic rings. The van der Waals surface area contributed by atoms with Gasteiger partial charge in [0.1, 0.15) is 5.75 Å². The second-order valence-electron chi connectivity index (χ2n) is 9.78. The quantitative estimate of drug-likeness (QED) is 0.333. The lowest BCUT2D eigenvalue weighted by molar-refractivity contribution is -0.163. The molecule has 4 fully saturated rings. The number of hydrogen-bond acceptors (Lipinski definition) is 4. The number of esters is 1. The maximum Gasteiger partial charge on any atom is 0.309 e. The lowest BCUT2D eigenvalue weighted by Crippen LogP contribution is -2.52. The first-order chi connectivity index (χ1) is 14.5. The van der Waals surface area contributed by atoms with E-state index in [2.05, 4.69) is 19.6 Å². The molecule has 2 aromatic rings. The van der Waals surface area contributed by atoms with Crippen LogP contribution in [0.3, 0.4) is 0 Å². The molecule has 6 rings (SSSR count). The molecule has 4 bridgehead atoms. The van der Waals surface area contributed by atoms with Crippen LogP contribution in [0.4, 0.5) is 0 Å². The molecule has 0 spiro atoms. The molecular formula is C26H30O3S. The standard InChI is InChI=1S/C26H30O3S/c1-26(19-11-17-10-18(13-19)14-20(26)12-17)15-25(27)29-16-28-23-8-4-2-6-21(23)22-7-3-5-9-24(22)30/h2-9,17-20,30H,10-16H2,1H3. The smallest absolute Gasteiger partial charge is 0.309 e. The fraction of sp³-hybridized carbons (Fsp3) is 0.500. The summed E-state index contributed by atoms with van der Waals surface area (Å²) in [6, 6.07) is 15.7. The summed E-state index contributed by atoms with van der Waals surface area (Å²) >= 11 is 4.56. The summed E-state index contributed by atoms with van der Waals surface area (Å²) in [4.78, 5) is 13.6. The molecule has 0 aromatic heterocycles. The predicted molar refractivity (Wildman–Crippen MR) is 120 cm³/mol. The van der Waals surface area contributed by atoms with Crippen LogP contribution in [0.2, 0.25) is 0 Å². The van der Waals surface area contributed by atoms with E-state index in [1.807, 2.05) is 48.5 Å². The molecule has 0 radical (unpaired) electrons. The molecule has 0 N–H and O–H groups in total. The summed E-state index contributed by atoms with van der Waals surface area (Å²) in [6.07, 6.45) is 7.18. The lowest BCUT2D eigenvalue weighted by Gasteiger charge is -2.60. The van der Waals surface area contributed by atoms with Gasteiger partial charge in [-0.3, -0.25) is 4.79 Å². The van der Waals surface area contributed by atoms with Gasteiger partial charge in [-0.25, -0.2) is 0 Å². The number of benzene rings is 2. The van der Waals surface area contributed by atoms with Gasteiger partial charge in [0.15, 0.2) is 0 Å². The van der Waals surface area contributed by atoms with Crippen molar-refractivity contribution in [3.8, 4) is 16.9 Å². The monoisotopic (exact) mass is 422 g/mol. The molecule has 3 nitrogen and oxygen atoms in total. The fourth-order valence-corrected chi connectivity index (χ4v) is 6.87. The molecule has 30 heavy (non-hydrogen) atoms. The molecule has 4 saturated carbocycles. The minimum atomic E-state index is -0.128.